The summed E-state index contributed by atoms with van der Waals surface area (Å²) in [6.07, 6.45) is 1.69. The Morgan fingerprint density at radius 2 is 2.15 bits per heavy atom. The van der Waals surface area contributed by atoms with Gasteiger partial charge in [-0.15, -0.1) is 0 Å². The smallest absolute Gasteiger partial charge is 0.257 e. The van der Waals surface area contributed by atoms with Gasteiger partial charge in [0.2, 0.25) is 0 Å². The lowest BCUT2D eigenvalue weighted by Crippen LogP contribution is -2.30. The van der Waals surface area contributed by atoms with Crippen LogP contribution in [-0.2, 0) is 6.54 Å². The van der Waals surface area contributed by atoms with Gasteiger partial charge in [0.1, 0.15) is 5.75 Å². The van der Waals surface area contributed by atoms with Gasteiger partial charge in [0, 0.05) is 17.8 Å². The number of pyridine rings is 1. The number of phenols is 1. The summed E-state index contributed by atoms with van der Waals surface area (Å²) in [5.41, 5.74) is 1.04. The molecule has 104 valence electrons. The quantitative estimate of drug-likeness (QED) is 0.941. The van der Waals surface area contributed by atoms with E-state index in [0.29, 0.717) is 18.1 Å². The average molecular weight is 291 g/mol. The summed E-state index contributed by atoms with van der Waals surface area (Å²) in [5, 5.41) is 10.2. The summed E-state index contributed by atoms with van der Waals surface area (Å²) in [6.45, 7) is 2.81. The topological polar surface area (TPSA) is 53.4 Å². The van der Waals surface area contributed by atoms with E-state index in [0.717, 1.165) is 5.69 Å². The minimum atomic E-state index is -0.243. The van der Waals surface area contributed by atoms with E-state index in [9.17, 15) is 9.90 Å². The molecule has 0 atom stereocenters. The van der Waals surface area contributed by atoms with Crippen molar-refractivity contribution < 1.29 is 9.90 Å². The first-order chi connectivity index (χ1) is 9.61. The van der Waals surface area contributed by atoms with Gasteiger partial charge in [0.05, 0.1) is 17.8 Å². The van der Waals surface area contributed by atoms with Crippen molar-refractivity contribution in [3.8, 4) is 5.75 Å². The molecular formula is C15H15ClN2O2. The third-order valence-electron chi connectivity index (χ3n) is 2.94. The summed E-state index contributed by atoms with van der Waals surface area (Å²) in [5.74, 6) is -0.353. The molecule has 1 heterocycles. The molecule has 1 N–H and O–H groups in total. The van der Waals surface area contributed by atoms with E-state index >= 15 is 0 Å². The number of amides is 1. The van der Waals surface area contributed by atoms with E-state index in [-0.39, 0.29) is 17.2 Å². The third kappa shape index (κ3) is 3.27. The molecule has 0 aliphatic heterocycles. The van der Waals surface area contributed by atoms with E-state index in [1.54, 1.807) is 17.2 Å². The molecule has 4 nitrogen and oxygen atoms in total. The summed E-state index contributed by atoms with van der Waals surface area (Å²) in [6, 6.07) is 10.0. The number of benzene rings is 1. The lowest BCUT2D eigenvalue weighted by Gasteiger charge is -2.21. The van der Waals surface area contributed by atoms with Crippen molar-refractivity contribution in [3.05, 3.63) is 58.9 Å². The van der Waals surface area contributed by atoms with Crippen molar-refractivity contribution in [2.45, 2.75) is 13.5 Å². The molecule has 0 aliphatic rings. The van der Waals surface area contributed by atoms with Crippen molar-refractivity contribution in [2.75, 3.05) is 6.54 Å². The Morgan fingerprint density at radius 3 is 2.75 bits per heavy atom. The molecule has 0 saturated carbocycles. The van der Waals surface area contributed by atoms with Crippen LogP contribution in [0.15, 0.2) is 42.6 Å². The van der Waals surface area contributed by atoms with E-state index in [2.05, 4.69) is 4.98 Å². The first-order valence-corrected chi connectivity index (χ1v) is 6.67. The Hall–Kier alpha value is -2.07. The maximum atomic E-state index is 12.4. The van der Waals surface area contributed by atoms with E-state index in [1.165, 1.54) is 12.1 Å². The molecule has 0 unspecified atom stereocenters. The second-order valence-corrected chi connectivity index (χ2v) is 4.74. The summed E-state index contributed by atoms with van der Waals surface area (Å²) in [7, 11) is 0. The molecule has 2 aromatic rings. The Balaban J connectivity index is 2.21. The van der Waals surface area contributed by atoms with Gasteiger partial charge in [-0.3, -0.25) is 9.78 Å². The molecule has 0 fully saturated rings. The lowest BCUT2D eigenvalue weighted by molar-refractivity contribution is 0.0747. The van der Waals surface area contributed by atoms with Crippen LogP contribution in [0.1, 0.15) is 23.0 Å². The largest absolute Gasteiger partial charge is 0.507 e. The SMILES string of the molecule is CCN(Cc1ccccn1)C(=O)c1ccc(Cl)cc1O. The molecule has 5 heteroatoms. The van der Waals surface area contributed by atoms with Crippen LogP contribution in [0.2, 0.25) is 5.02 Å². The second-order valence-electron chi connectivity index (χ2n) is 4.30. The van der Waals surface area contributed by atoms with Gasteiger partial charge in [-0.1, -0.05) is 17.7 Å². The molecule has 0 spiro atoms. The molecule has 2 rings (SSSR count). The maximum absolute atomic E-state index is 12.4. The number of phenolic OH excluding ortho intramolecular Hbond substituents is 1. The number of halogens is 1. The number of carbonyl (C=O) groups excluding carboxylic acids is 1. The molecule has 1 amide bonds. The predicted octanol–water partition coefficient (Wildman–Crippen LogP) is 3.10. The van der Waals surface area contributed by atoms with Crippen molar-refractivity contribution in [1.82, 2.24) is 9.88 Å². The Morgan fingerprint density at radius 1 is 1.35 bits per heavy atom. The molecule has 1 aromatic heterocycles. The van der Waals surface area contributed by atoms with Crippen molar-refractivity contribution in [2.24, 2.45) is 0 Å². The fourth-order valence-corrected chi connectivity index (χ4v) is 2.04. The van der Waals surface area contributed by atoms with Crippen LogP contribution in [0.5, 0.6) is 5.75 Å². The summed E-state index contributed by atoms with van der Waals surface area (Å²) < 4.78 is 0. The van der Waals surface area contributed by atoms with Gasteiger partial charge in [0.15, 0.2) is 0 Å². The van der Waals surface area contributed by atoms with Crippen LogP contribution in [0.3, 0.4) is 0 Å². The van der Waals surface area contributed by atoms with Gasteiger partial charge in [-0.05, 0) is 37.3 Å². The van der Waals surface area contributed by atoms with Crippen LogP contribution in [-0.4, -0.2) is 27.4 Å². The van der Waals surface area contributed by atoms with Crippen molar-refractivity contribution in [3.63, 3.8) is 0 Å². The van der Waals surface area contributed by atoms with E-state index in [4.69, 9.17) is 11.6 Å². The third-order valence-corrected chi connectivity index (χ3v) is 3.17. The van der Waals surface area contributed by atoms with Crippen LogP contribution in [0.25, 0.3) is 0 Å². The molecule has 20 heavy (non-hydrogen) atoms. The number of rotatable bonds is 4. The Bertz CT molecular complexity index is 602. The maximum Gasteiger partial charge on any atom is 0.257 e. The standard InChI is InChI=1S/C15H15ClN2O2/c1-2-18(10-12-5-3-4-8-17-12)15(20)13-7-6-11(16)9-14(13)19/h3-9,19H,2,10H2,1H3. The second kappa shape index (κ2) is 6.39. The number of hydrogen-bond donors (Lipinski definition) is 1. The Labute approximate surface area is 122 Å². The fraction of sp³-hybridized carbons (Fsp3) is 0.200. The summed E-state index contributed by atoms with van der Waals surface area (Å²) in [4.78, 5) is 18.2. The molecule has 1 aromatic carbocycles. The van der Waals surface area contributed by atoms with Crippen molar-refractivity contribution >= 4 is 17.5 Å². The van der Waals surface area contributed by atoms with Gasteiger partial charge < -0.3 is 10.0 Å². The minimum Gasteiger partial charge on any atom is -0.507 e. The van der Waals surface area contributed by atoms with E-state index < -0.39 is 0 Å². The molecule has 0 bridgehead atoms. The zero-order valence-corrected chi connectivity index (χ0v) is 11.8. The molecular weight excluding hydrogens is 276 g/mol. The highest BCUT2D eigenvalue weighted by Gasteiger charge is 2.18. The van der Waals surface area contributed by atoms with Crippen LogP contribution >= 0.6 is 11.6 Å². The fourth-order valence-electron chi connectivity index (χ4n) is 1.87. The highest BCUT2D eigenvalue weighted by atomic mass is 35.5. The normalized spacial score (nSPS) is 10.3. The number of hydrogen-bond acceptors (Lipinski definition) is 3. The first kappa shape index (κ1) is 14.3. The van der Waals surface area contributed by atoms with Crippen LogP contribution in [0, 0.1) is 0 Å². The highest BCUT2D eigenvalue weighted by Crippen LogP contribution is 2.23. The monoisotopic (exact) mass is 290 g/mol. The summed E-state index contributed by atoms with van der Waals surface area (Å²) >= 11 is 5.77. The highest BCUT2D eigenvalue weighted by molar-refractivity contribution is 6.30. The zero-order valence-electron chi connectivity index (χ0n) is 11.1. The van der Waals surface area contributed by atoms with Crippen LogP contribution in [0.4, 0.5) is 0 Å². The number of aromatic hydroxyl groups is 1. The average Bonchev–Trinajstić information content (AvgIpc) is 2.45. The van der Waals surface area contributed by atoms with Crippen LogP contribution < -0.4 is 0 Å². The van der Waals surface area contributed by atoms with E-state index in [1.807, 2.05) is 25.1 Å². The van der Waals surface area contributed by atoms with Gasteiger partial charge in [-0.2, -0.15) is 0 Å². The Kier molecular flexibility index (Phi) is 4.58. The predicted molar refractivity (Wildman–Crippen MR) is 77.8 cm³/mol. The first-order valence-electron chi connectivity index (χ1n) is 6.29. The zero-order chi connectivity index (χ0) is 14.5. The number of nitrogens with zero attached hydrogens (tertiary/aromatic N) is 2. The van der Waals surface area contributed by atoms with Gasteiger partial charge in [0.25, 0.3) is 5.91 Å². The number of carbonyl (C=O) groups is 1. The van der Waals surface area contributed by atoms with Crippen molar-refractivity contribution in [1.29, 1.82) is 0 Å². The molecule has 0 radical (unpaired) electrons. The lowest BCUT2D eigenvalue weighted by atomic mass is 10.1. The van der Waals surface area contributed by atoms with Gasteiger partial charge in [-0.25, -0.2) is 0 Å². The van der Waals surface area contributed by atoms with Gasteiger partial charge >= 0.3 is 0 Å². The minimum absolute atomic E-state index is 0.109. The molecule has 0 saturated heterocycles. The molecule has 0 aliphatic carbocycles. The number of aromatic nitrogens is 1.